The fourth-order valence-electron chi connectivity index (χ4n) is 3.17. The van der Waals surface area contributed by atoms with Gasteiger partial charge in [-0.15, -0.1) is 0 Å². The number of aryl methyl sites for hydroxylation is 1. The molecule has 3 N–H and O–H groups in total. The second kappa shape index (κ2) is 6.70. The number of ketones is 1. The molecule has 5 nitrogen and oxygen atoms in total. The van der Waals surface area contributed by atoms with Crippen molar-refractivity contribution in [1.29, 1.82) is 0 Å². The van der Waals surface area contributed by atoms with Crippen molar-refractivity contribution in [2.24, 2.45) is 5.92 Å². The first-order valence-corrected chi connectivity index (χ1v) is 8.17. The Morgan fingerprint density at radius 2 is 1.67 bits per heavy atom. The number of carbonyl (C=O) groups is 2. The summed E-state index contributed by atoms with van der Waals surface area (Å²) in [6, 6.07) is 11.1. The van der Waals surface area contributed by atoms with Crippen molar-refractivity contribution in [2.75, 3.05) is 0 Å². The fourth-order valence-corrected chi connectivity index (χ4v) is 3.17. The van der Waals surface area contributed by atoms with Crippen molar-refractivity contribution in [3.8, 4) is 0 Å². The van der Waals surface area contributed by atoms with Crippen molar-refractivity contribution in [1.82, 2.24) is 10.6 Å². The minimum Gasteiger partial charge on any atom is -0.363 e. The highest BCUT2D eigenvalue weighted by atomic mass is 19.4. The van der Waals surface area contributed by atoms with E-state index in [0.717, 1.165) is 5.56 Å². The lowest BCUT2D eigenvalue weighted by atomic mass is 9.77. The van der Waals surface area contributed by atoms with Crippen LogP contribution < -0.4 is 10.6 Å². The van der Waals surface area contributed by atoms with Gasteiger partial charge in [-0.2, -0.15) is 13.2 Å². The number of aliphatic hydroxyl groups is 1. The highest BCUT2D eigenvalue weighted by Crippen LogP contribution is 2.43. The molecule has 8 heteroatoms. The lowest BCUT2D eigenvalue weighted by molar-refractivity contribution is -0.287. The fraction of sp³-hybridized carbons (Fsp3) is 0.263. The maximum atomic E-state index is 13.7. The molecule has 1 fully saturated rings. The van der Waals surface area contributed by atoms with Gasteiger partial charge in [0.15, 0.2) is 5.78 Å². The highest BCUT2D eigenvalue weighted by molar-refractivity contribution is 6.00. The van der Waals surface area contributed by atoms with E-state index in [-0.39, 0.29) is 11.1 Å². The number of halogens is 3. The summed E-state index contributed by atoms with van der Waals surface area (Å²) in [7, 11) is 0. The third-order valence-corrected chi connectivity index (χ3v) is 4.58. The van der Waals surface area contributed by atoms with Crippen molar-refractivity contribution >= 4 is 11.8 Å². The van der Waals surface area contributed by atoms with Crippen LogP contribution in [0.3, 0.4) is 0 Å². The van der Waals surface area contributed by atoms with Gasteiger partial charge in [0.05, 0.1) is 6.04 Å². The van der Waals surface area contributed by atoms with E-state index in [0.29, 0.717) is 0 Å². The maximum Gasteiger partial charge on any atom is 0.437 e. The number of benzene rings is 2. The Bertz CT molecular complexity index is 853. The minimum atomic E-state index is -5.26. The zero-order valence-corrected chi connectivity index (χ0v) is 14.2. The quantitative estimate of drug-likeness (QED) is 0.719. The second-order valence-corrected chi connectivity index (χ2v) is 6.46. The highest BCUT2D eigenvalue weighted by Gasteiger charge is 2.66. The topological polar surface area (TPSA) is 78.4 Å². The van der Waals surface area contributed by atoms with E-state index >= 15 is 0 Å². The molecule has 3 atom stereocenters. The van der Waals surface area contributed by atoms with Gasteiger partial charge in [0.25, 0.3) is 0 Å². The summed E-state index contributed by atoms with van der Waals surface area (Å²) in [6.07, 6.45) is -5.26. The van der Waals surface area contributed by atoms with E-state index in [1.165, 1.54) is 41.7 Å². The molecule has 0 aromatic heterocycles. The number of nitrogens with one attached hydrogen (secondary N) is 2. The Hall–Kier alpha value is -2.87. The smallest absolute Gasteiger partial charge is 0.363 e. The van der Waals surface area contributed by atoms with E-state index < -0.39 is 35.7 Å². The summed E-state index contributed by atoms with van der Waals surface area (Å²) in [6.45, 7) is 1.80. The minimum absolute atomic E-state index is 0.000218. The van der Waals surface area contributed by atoms with Crippen LogP contribution in [0.4, 0.5) is 18.0 Å². The average Bonchev–Trinajstić information content (AvgIpc) is 2.61. The van der Waals surface area contributed by atoms with Gasteiger partial charge >= 0.3 is 12.2 Å². The summed E-state index contributed by atoms with van der Waals surface area (Å²) in [5.41, 5.74) is -2.57. The molecule has 1 saturated heterocycles. The van der Waals surface area contributed by atoms with Crippen LogP contribution in [0, 0.1) is 12.8 Å². The van der Waals surface area contributed by atoms with Crippen molar-refractivity contribution in [2.45, 2.75) is 24.9 Å². The molecule has 3 rings (SSSR count). The number of alkyl halides is 3. The predicted molar refractivity (Wildman–Crippen MR) is 90.9 cm³/mol. The molecule has 1 heterocycles. The maximum absolute atomic E-state index is 13.7. The van der Waals surface area contributed by atoms with Crippen LogP contribution in [0.5, 0.6) is 0 Å². The zero-order valence-electron chi connectivity index (χ0n) is 14.2. The molecule has 142 valence electrons. The molecule has 0 spiro atoms. The Morgan fingerprint density at radius 3 is 2.22 bits per heavy atom. The molecule has 1 aliphatic rings. The van der Waals surface area contributed by atoms with Gasteiger partial charge in [0, 0.05) is 5.56 Å². The van der Waals surface area contributed by atoms with Crippen LogP contribution in [0.15, 0.2) is 54.6 Å². The van der Waals surface area contributed by atoms with E-state index in [1.807, 2.05) is 0 Å². The van der Waals surface area contributed by atoms with E-state index in [4.69, 9.17) is 0 Å². The van der Waals surface area contributed by atoms with Gasteiger partial charge in [-0.1, -0.05) is 60.2 Å². The first kappa shape index (κ1) is 18.9. The van der Waals surface area contributed by atoms with Crippen LogP contribution in [0.2, 0.25) is 0 Å². The third-order valence-electron chi connectivity index (χ3n) is 4.58. The van der Waals surface area contributed by atoms with Gasteiger partial charge in [-0.05, 0) is 12.5 Å². The van der Waals surface area contributed by atoms with Crippen LogP contribution in [0.1, 0.15) is 27.5 Å². The van der Waals surface area contributed by atoms with Gasteiger partial charge in [-0.25, -0.2) is 4.79 Å². The number of hydrogen-bond donors (Lipinski definition) is 3. The van der Waals surface area contributed by atoms with Crippen molar-refractivity contribution in [3.05, 3.63) is 71.3 Å². The lowest BCUT2D eigenvalue weighted by Gasteiger charge is -2.45. The molecule has 0 saturated carbocycles. The number of Topliss-reactive ketones (excluding diaryl/α,β-unsaturated/α-hetero) is 1. The van der Waals surface area contributed by atoms with Gasteiger partial charge < -0.3 is 15.7 Å². The first-order valence-electron chi connectivity index (χ1n) is 8.17. The molecule has 0 bridgehead atoms. The second-order valence-electron chi connectivity index (χ2n) is 6.46. The lowest BCUT2D eigenvalue weighted by Crippen LogP contribution is -2.72. The number of urea groups is 1. The molecule has 2 amide bonds. The molecule has 2 aromatic carbocycles. The summed E-state index contributed by atoms with van der Waals surface area (Å²) in [5, 5.41) is 14.3. The Morgan fingerprint density at radius 1 is 1.07 bits per heavy atom. The Balaban J connectivity index is 2.15. The van der Waals surface area contributed by atoms with Crippen LogP contribution in [-0.2, 0) is 0 Å². The monoisotopic (exact) mass is 378 g/mol. The predicted octanol–water partition coefficient (Wildman–Crippen LogP) is 3.10. The van der Waals surface area contributed by atoms with Gasteiger partial charge in [0.2, 0.25) is 5.72 Å². The molecular weight excluding hydrogens is 361 g/mol. The molecule has 0 radical (unpaired) electrons. The summed E-state index contributed by atoms with van der Waals surface area (Å²) in [5.74, 6) is -2.95. The van der Waals surface area contributed by atoms with Crippen molar-refractivity contribution < 1.29 is 27.9 Å². The largest absolute Gasteiger partial charge is 0.437 e. The normalized spacial score (nSPS) is 25.4. The number of carbonyl (C=O) groups excluding carboxylic acids is 2. The summed E-state index contributed by atoms with van der Waals surface area (Å²) < 4.78 is 41.2. The standard InChI is InChI=1S/C19H17F3N2O3/c1-11-7-9-12(10-8-11)15-14(16(25)13-5-3-2-4-6-13)18(27,19(20,21)22)24-17(26)23-15/h2-10,14-15,27H,1H3,(H2,23,24,26)/t14-,15+,18-/m1/s1. The SMILES string of the molecule is Cc1ccc([C@@H]2NC(=O)N[C@](O)(C(F)(F)F)[C@H]2C(=O)c2ccccc2)cc1. The Labute approximate surface area is 153 Å². The van der Waals surface area contributed by atoms with Gasteiger partial charge in [-0.3, -0.25) is 4.79 Å². The van der Waals surface area contributed by atoms with Crippen LogP contribution >= 0.6 is 0 Å². The molecule has 0 unspecified atom stereocenters. The first-order chi connectivity index (χ1) is 12.6. The molecule has 1 aliphatic heterocycles. The summed E-state index contributed by atoms with van der Waals surface area (Å²) >= 11 is 0. The van der Waals surface area contributed by atoms with Crippen molar-refractivity contribution in [3.63, 3.8) is 0 Å². The van der Waals surface area contributed by atoms with E-state index in [1.54, 1.807) is 25.1 Å². The average molecular weight is 378 g/mol. The number of hydrogen-bond acceptors (Lipinski definition) is 3. The van der Waals surface area contributed by atoms with E-state index in [2.05, 4.69) is 5.32 Å². The van der Waals surface area contributed by atoms with Crippen LogP contribution in [0.25, 0.3) is 0 Å². The third kappa shape index (κ3) is 3.40. The Kier molecular flexibility index (Phi) is 4.69. The van der Waals surface area contributed by atoms with Gasteiger partial charge in [0.1, 0.15) is 5.92 Å². The molecular formula is C19H17F3N2O3. The molecule has 2 aromatic rings. The van der Waals surface area contributed by atoms with Crippen LogP contribution in [-0.4, -0.2) is 28.8 Å². The number of amides is 2. The molecule has 0 aliphatic carbocycles. The summed E-state index contributed by atoms with van der Waals surface area (Å²) in [4.78, 5) is 24.9. The zero-order chi connectivity index (χ0) is 19.8. The van der Waals surface area contributed by atoms with E-state index in [9.17, 15) is 27.9 Å². The number of rotatable bonds is 3. The molecule has 27 heavy (non-hydrogen) atoms.